The molecule has 1 amide bonds. The van der Waals surface area contributed by atoms with Gasteiger partial charge < -0.3 is 19.1 Å². The van der Waals surface area contributed by atoms with Gasteiger partial charge in [0, 0.05) is 25.0 Å². The SMILES string of the molecule is COC(=O)CC[C@@H](C(=O)OC)N(CC(=O)OC(C)(C)C)C(=O)C(C)CSC(C)=O. The molecule has 0 aromatic rings. The van der Waals surface area contributed by atoms with Gasteiger partial charge in [0.05, 0.1) is 14.2 Å². The van der Waals surface area contributed by atoms with Crippen LogP contribution in [0.3, 0.4) is 0 Å². The van der Waals surface area contributed by atoms with E-state index in [-0.39, 0.29) is 23.7 Å². The van der Waals surface area contributed by atoms with Crippen LogP contribution in [0.1, 0.15) is 47.5 Å². The summed E-state index contributed by atoms with van der Waals surface area (Å²) >= 11 is 0.969. The van der Waals surface area contributed by atoms with E-state index in [2.05, 4.69) is 4.74 Å². The monoisotopic (exact) mass is 433 g/mol. The van der Waals surface area contributed by atoms with Crippen LogP contribution in [0.25, 0.3) is 0 Å². The molecule has 2 atom stereocenters. The summed E-state index contributed by atoms with van der Waals surface area (Å²) in [6.07, 6.45) is -0.231. The maximum absolute atomic E-state index is 13.0. The Labute approximate surface area is 175 Å². The van der Waals surface area contributed by atoms with E-state index in [1.807, 2.05) is 0 Å². The maximum Gasteiger partial charge on any atom is 0.328 e. The van der Waals surface area contributed by atoms with Crippen LogP contribution in [0.15, 0.2) is 0 Å². The zero-order chi connectivity index (χ0) is 22.8. The number of carbonyl (C=O) groups is 5. The second-order valence-electron chi connectivity index (χ2n) is 7.41. The fourth-order valence-corrected chi connectivity index (χ4v) is 2.97. The van der Waals surface area contributed by atoms with Crippen LogP contribution in [-0.2, 0) is 38.2 Å². The number of nitrogens with zero attached hydrogens (tertiary/aromatic N) is 1. The molecule has 166 valence electrons. The largest absolute Gasteiger partial charge is 0.469 e. The van der Waals surface area contributed by atoms with E-state index in [9.17, 15) is 24.0 Å². The molecule has 0 aromatic heterocycles. The van der Waals surface area contributed by atoms with E-state index in [0.717, 1.165) is 23.8 Å². The Balaban J connectivity index is 5.69. The van der Waals surface area contributed by atoms with Gasteiger partial charge in [-0.25, -0.2) is 4.79 Å². The molecule has 10 heteroatoms. The van der Waals surface area contributed by atoms with Crippen LogP contribution in [0.2, 0.25) is 0 Å². The van der Waals surface area contributed by atoms with Gasteiger partial charge in [-0.05, 0) is 27.2 Å². The molecule has 0 rings (SSSR count). The number of amides is 1. The third-order valence-corrected chi connectivity index (χ3v) is 4.73. The van der Waals surface area contributed by atoms with E-state index in [4.69, 9.17) is 9.47 Å². The smallest absolute Gasteiger partial charge is 0.328 e. The quantitative estimate of drug-likeness (QED) is 0.374. The van der Waals surface area contributed by atoms with Crippen molar-refractivity contribution >= 4 is 40.7 Å². The van der Waals surface area contributed by atoms with E-state index >= 15 is 0 Å². The van der Waals surface area contributed by atoms with Crippen molar-refractivity contribution in [2.45, 2.75) is 59.1 Å². The lowest BCUT2D eigenvalue weighted by atomic mass is 10.1. The average molecular weight is 434 g/mol. The Kier molecular flexibility index (Phi) is 11.6. The number of rotatable bonds is 10. The van der Waals surface area contributed by atoms with Crippen LogP contribution in [-0.4, -0.2) is 72.0 Å². The highest BCUT2D eigenvalue weighted by molar-refractivity contribution is 8.13. The summed E-state index contributed by atoms with van der Waals surface area (Å²) in [6, 6.07) is -1.18. The first-order valence-electron chi connectivity index (χ1n) is 9.12. The van der Waals surface area contributed by atoms with E-state index in [1.165, 1.54) is 14.0 Å². The molecular formula is C19H31NO8S. The lowest BCUT2D eigenvalue weighted by molar-refractivity contribution is -0.164. The number of ether oxygens (including phenoxy) is 3. The van der Waals surface area contributed by atoms with Crippen molar-refractivity contribution in [3.05, 3.63) is 0 Å². The maximum atomic E-state index is 13.0. The highest BCUT2D eigenvalue weighted by Gasteiger charge is 2.36. The topological polar surface area (TPSA) is 116 Å². The van der Waals surface area contributed by atoms with Gasteiger partial charge in [-0.3, -0.25) is 19.2 Å². The third kappa shape index (κ3) is 10.9. The number of esters is 3. The summed E-state index contributed by atoms with van der Waals surface area (Å²) in [4.78, 5) is 61.5. The van der Waals surface area contributed by atoms with Crippen molar-refractivity contribution in [1.29, 1.82) is 0 Å². The van der Waals surface area contributed by atoms with Crippen molar-refractivity contribution in [2.24, 2.45) is 5.92 Å². The molecule has 29 heavy (non-hydrogen) atoms. The number of carbonyl (C=O) groups excluding carboxylic acids is 5. The molecule has 1 unspecified atom stereocenters. The number of hydrogen-bond acceptors (Lipinski definition) is 9. The molecule has 9 nitrogen and oxygen atoms in total. The molecule has 0 heterocycles. The predicted molar refractivity (Wildman–Crippen MR) is 107 cm³/mol. The summed E-state index contributed by atoms with van der Waals surface area (Å²) in [5.41, 5.74) is -0.783. The summed E-state index contributed by atoms with van der Waals surface area (Å²) in [5, 5.41) is -0.154. The van der Waals surface area contributed by atoms with Crippen LogP contribution in [0.5, 0.6) is 0 Å². The summed E-state index contributed by atoms with van der Waals surface area (Å²) in [7, 11) is 2.36. The normalized spacial score (nSPS) is 13.1. The molecule has 0 aliphatic heterocycles. The Hall–Kier alpha value is -2.10. The van der Waals surface area contributed by atoms with Gasteiger partial charge in [0.15, 0.2) is 5.12 Å². The highest BCUT2D eigenvalue weighted by atomic mass is 32.2. The van der Waals surface area contributed by atoms with E-state index < -0.39 is 47.9 Å². The van der Waals surface area contributed by atoms with Gasteiger partial charge in [-0.1, -0.05) is 18.7 Å². The molecular weight excluding hydrogens is 402 g/mol. The summed E-state index contributed by atoms with van der Waals surface area (Å²) in [6.45, 7) is 7.52. The fourth-order valence-electron chi connectivity index (χ4n) is 2.34. The number of methoxy groups -OCH3 is 2. The predicted octanol–water partition coefficient (Wildman–Crippen LogP) is 1.57. The van der Waals surface area contributed by atoms with Gasteiger partial charge >= 0.3 is 17.9 Å². The number of thioether (sulfide) groups is 1. The molecule has 0 aliphatic carbocycles. The first-order valence-corrected chi connectivity index (χ1v) is 10.1. The van der Waals surface area contributed by atoms with Crippen molar-refractivity contribution in [3.63, 3.8) is 0 Å². The van der Waals surface area contributed by atoms with Crippen molar-refractivity contribution in [1.82, 2.24) is 4.90 Å². The molecule has 0 spiro atoms. The van der Waals surface area contributed by atoms with E-state index in [1.54, 1.807) is 27.7 Å². The van der Waals surface area contributed by atoms with Gasteiger partial charge in [0.1, 0.15) is 18.2 Å². The number of hydrogen-bond donors (Lipinski definition) is 0. The summed E-state index contributed by atoms with van der Waals surface area (Å²) in [5.74, 6) is -3.03. The lowest BCUT2D eigenvalue weighted by Gasteiger charge is -2.32. The molecule has 0 aromatic carbocycles. The van der Waals surface area contributed by atoms with Gasteiger partial charge in [0.2, 0.25) is 5.91 Å². The fraction of sp³-hybridized carbons (Fsp3) is 0.737. The first-order chi connectivity index (χ1) is 13.3. The Morgan fingerprint density at radius 3 is 2.03 bits per heavy atom. The lowest BCUT2D eigenvalue weighted by Crippen LogP contribution is -2.51. The van der Waals surface area contributed by atoms with Gasteiger partial charge in [-0.15, -0.1) is 0 Å². The van der Waals surface area contributed by atoms with Crippen LogP contribution in [0, 0.1) is 5.92 Å². The summed E-state index contributed by atoms with van der Waals surface area (Å²) < 4.78 is 14.6. The second kappa shape index (κ2) is 12.5. The van der Waals surface area contributed by atoms with Gasteiger partial charge in [0.25, 0.3) is 0 Å². The molecule has 0 N–H and O–H groups in total. The minimum atomic E-state index is -1.18. The first kappa shape index (κ1) is 26.9. The van der Waals surface area contributed by atoms with Crippen molar-refractivity contribution in [2.75, 3.05) is 26.5 Å². The zero-order valence-corrected chi connectivity index (χ0v) is 18.9. The van der Waals surface area contributed by atoms with Crippen LogP contribution in [0.4, 0.5) is 0 Å². The molecule has 0 radical (unpaired) electrons. The zero-order valence-electron chi connectivity index (χ0n) is 18.1. The Morgan fingerprint density at radius 1 is 1.00 bits per heavy atom. The minimum Gasteiger partial charge on any atom is -0.469 e. The molecule has 0 bridgehead atoms. The highest BCUT2D eigenvalue weighted by Crippen LogP contribution is 2.18. The minimum absolute atomic E-state index is 0.0829. The van der Waals surface area contributed by atoms with Crippen molar-refractivity contribution < 1.29 is 38.2 Å². The van der Waals surface area contributed by atoms with Crippen LogP contribution < -0.4 is 0 Å². The Bertz CT molecular complexity index is 614. The molecule has 0 saturated heterocycles. The third-order valence-electron chi connectivity index (χ3n) is 3.66. The second-order valence-corrected chi connectivity index (χ2v) is 8.61. The Morgan fingerprint density at radius 2 is 1.59 bits per heavy atom. The van der Waals surface area contributed by atoms with Crippen LogP contribution >= 0.6 is 11.8 Å². The molecule has 0 aliphatic rings. The van der Waals surface area contributed by atoms with Gasteiger partial charge in [-0.2, -0.15) is 0 Å². The van der Waals surface area contributed by atoms with Crippen molar-refractivity contribution in [3.8, 4) is 0 Å². The van der Waals surface area contributed by atoms with E-state index in [0.29, 0.717) is 0 Å². The standard InChI is InChI=1S/C19H31NO8S/c1-12(11-29-13(2)21)17(24)20(10-16(23)28-19(3,4)5)14(18(25)27-7)8-9-15(22)26-6/h12,14H,8-11H2,1-7H3/t12?,14-/m0/s1. The molecule has 0 saturated carbocycles. The average Bonchev–Trinajstić information content (AvgIpc) is 2.62. The molecule has 0 fully saturated rings.